The maximum absolute atomic E-state index is 11.8. The van der Waals surface area contributed by atoms with Crippen LogP contribution in [0.25, 0.3) is 0 Å². The second-order valence-electron chi connectivity index (χ2n) is 9.36. The highest BCUT2D eigenvalue weighted by Gasteiger charge is 2.30. The third-order valence-electron chi connectivity index (χ3n) is 6.60. The molecule has 0 aliphatic carbocycles. The zero-order valence-corrected chi connectivity index (χ0v) is 21.0. The minimum atomic E-state index is -0.364. The Balaban J connectivity index is 0.000000201. The Kier molecular flexibility index (Phi) is 10.3. The van der Waals surface area contributed by atoms with Gasteiger partial charge in [0.2, 0.25) is 0 Å². The molecule has 0 saturated carbocycles. The predicted octanol–water partition coefficient (Wildman–Crippen LogP) is 4.26. The molecule has 2 aromatic carbocycles. The second-order valence-corrected chi connectivity index (χ2v) is 9.36. The number of likely N-dealkylation sites (tertiary alicyclic amines) is 2. The number of hydrogen-bond donors (Lipinski definition) is 1. The lowest BCUT2D eigenvalue weighted by Crippen LogP contribution is -2.30. The average Bonchev–Trinajstić information content (AvgIpc) is 3.59. The Hall–Kier alpha value is -3.39. The molecule has 8 heteroatoms. The lowest BCUT2D eigenvalue weighted by molar-refractivity contribution is -0.120. The Morgan fingerprint density at radius 1 is 0.833 bits per heavy atom. The molecule has 0 bridgehead atoms. The summed E-state index contributed by atoms with van der Waals surface area (Å²) in [6, 6.07) is 19.2. The van der Waals surface area contributed by atoms with E-state index in [1.54, 1.807) is 23.6 Å². The second kappa shape index (κ2) is 13.6. The molecular weight excluding hydrogens is 460 g/mol. The molecule has 4 rings (SSSR count). The molecule has 2 heterocycles. The van der Waals surface area contributed by atoms with Gasteiger partial charge >= 0.3 is 12.2 Å². The fourth-order valence-corrected chi connectivity index (χ4v) is 4.23. The number of carbonyl (C=O) groups excluding carboxylic acids is 3. The molecule has 2 aromatic rings. The number of aliphatic hydroxyl groups excluding tert-OH is 1. The molecule has 0 radical (unpaired) electrons. The number of Topliss-reactive ketones (excluding diaryl/α,β-unsaturated/α-hetero) is 1. The molecule has 2 aliphatic rings. The number of benzene rings is 2. The number of rotatable bonds is 6. The lowest BCUT2D eigenvalue weighted by atomic mass is 10.0. The van der Waals surface area contributed by atoms with E-state index in [2.05, 4.69) is 0 Å². The fraction of sp³-hybridized carbons (Fsp3) is 0.464. The van der Waals surface area contributed by atoms with E-state index >= 15 is 0 Å². The van der Waals surface area contributed by atoms with E-state index in [1.165, 1.54) is 0 Å². The first-order chi connectivity index (χ1) is 17.3. The zero-order valence-electron chi connectivity index (χ0n) is 21.0. The highest BCUT2D eigenvalue weighted by molar-refractivity contribution is 5.80. The molecule has 3 unspecified atom stereocenters. The zero-order chi connectivity index (χ0) is 25.9. The molecule has 2 fully saturated rings. The number of ketones is 1. The van der Waals surface area contributed by atoms with Gasteiger partial charge in [-0.15, -0.1) is 0 Å². The highest BCUT2D eigenvalue weighted by atomic mass is 16.6. The lowest BCUT2D eigenvalue weighted by Gasteiger charge is -2.17. The SMILES string of the molecule is CC(=O)C1CCN(C(=O)OCc2ccccc2)C1.CC(O)C1CCN(C(=O)OCc2ccccc2)C1. The molecule has 36 heavy (non-hydrogen) atoms. The summed E-state index contributed by atoms with van der Waals surface area (Å²) in [6.07, 6.45) is 0.606. The van der Waals surface area contributed by atoms with Gasteiger partial charge in [0.15, 0.2) is 0 Å². The van der Waals surface area contributed by atoms with Crippen LogP contribution in [0, 0.1) is 11.8 Å². The molecule has 194 valence electrons. The third-order valence-corrected chi connectivity index (χ3v) is 6.60. The van der Waals surface area contributed by atoms with Crippen LogP contribution >= 0.6 is 0 Å². The van der Waals surface area contributed by atoms with Crippen molar-refractivity contribution in [2.24, 2.45) is 11.8 Å². The first-order valence-corrected chi connectivity index (χ1v) is 12.4. The minimum Gasteiger partial charge on any atom is -0.445 e. The first-order valence-electron chi connectivity index (χ1n) is 12.4. The Labute approximate surface area is 212 Å². The summed E-state index contributed by atoms with van der Waals surface area (Å²) in [5.74, 6) is 0.303. The molecular formula is C28H36N2O6. The summed E-state index contributed by atoms with van der Waals surface area (Å²) in [5.41, 5.74) is 1.95. The van der Waals surface area contributed by atoms with Crippen molar-refractivity contribution in [1.29, 1.82) is 0 Å². The van der Waals surface area contributed by atoms with Gasteiger partial charge in [-0.05, 0) is 37.8 Å². The first kappa shape index (κ1) is 27.2. The molecule has 1 N–H and O–H groups in total. The van der Waals surface area contributed by atoms with Gasteiger partial charge in [0.05, 0.1) is 6.10 Å². The average molecular weight is 497 g/mol. The molecule has 2 amide bonds. The van der Waals surface area contributed by atoms with Gasteiger partial charge in [0, 0.05) is 38.0 Å². The molecule has 0 aromatic heterocycles. The number of hydrogen-bond acceptors (Lipinski definition) is 6. The normalized spacial score (nSPS) is 19.8. The van der Waals surface area contributed by atoms with Crippen molar-refractivity contribution >= 4 is 18.0 Å². The maximum atomic E-state index is 11.8. The van der Waals surface area contributed by atoms with Crippen molar-refractivity contribution in [3.8, 4) is 0 Å². The van der Waals surface area contributed by atoms with E-state index in [1.807, 2.05) is 60.7 Å². The molecule has 2 aliphatic heterocycles. The van der Waals surface area contributed by atoms with Gasteiger partial charge in [0.1, 0.15) is 19.0 Å². The summed E-state index contributed by atoms with van der Waals surface area (Å²) in [7, 11) is 0. The van der Waals surface area contributed by atoms with Crippen LogP contribution in [0.15, 0.2) is 60.7 Å². The van der Waals surface area contributed by atoms with Crippen molar-refractivity contribution in [1.82, 2.24) is 9.80 Å². The van der Waals surface area contributed by atoms with Gasteiger partial charge in [-0.3, -0.25) is 4.79 Å². The van der Waals surface area contributed by atoms with Crippen LogP contribution in [-0.2, 0) is 27.5 Å². The fourth-order valence-electron chi connectivity index (χ4n) is 4.23. The molecule has 0 spiro atoms. The van der Waals surface area contributed by atoms with Crippen LogP contribution in [0.1, 0.15) is 37.8 Å². The smallest absolute Gasteiger partial charge is 0.410 e. The van der Waals surface area contributed by atoms with E-state index < -0.39 is 0 Å². The standard InChI is InChI=1S/C14H19NO3.C14H17NO3/c2*1-11(16)13-7-8-15(9-13)14(17)18-10-12-5-3-2-4-6-12/h2-6,11,13,16H,7-10H2,1H3;2-6,13H,7-10H2,1H3. The van der Waals surface area contributed by atoms with E-state index in [0.29, 0.717) is 32.8 Å². The van der Waals surface area contributed by atoms with Crippen LogP contribution in [0.4, 0.5) is 9.59 Å². The summed E-state index contributed by atoms with van der Waals surface area (Å²) in [6.45, 7) is 6.28. The van der Waals surface area contributed by atoms with Crippen LogP contribution < -0.4 is 0 Å². The number of nitrogens with zero attached hydrogens (tertiary/aromatic N) is 2. The number of carbonyl (C=O) groups is 3. The van der Waals surface area contributed by atoms with Crippen LogP contribution in [0.3, 0.4) is 0 Å². The van der Waals surface area contributed by atoms with Gasteiger partial charge in [0.25, 0.3) is 0 Å². The maximum Gasteiger partial charge on any atom is 0.410 e. The van der Waals surface area contributed by atoms with E-state index in [0.717, 1.165) is 24.0 Å². The monoisotopic (exact) mass is 496 g/mol. The number of aliphatic hydroxyl groups is 1. The van der Waals surface area contributed by atoms with Gasteiger partial charge in [-0.1, -0.05) is 60.7 Å². The van der Waals surface area contributed by atoms with Crippen molar-refractivity contribution in [3.05, 3.63) is 71.8 Å². The van der Waals surface area contributed by atoms with Crippen LogP contribution in [0.5, 0.6) is 0 Å². The van der Waals surface area contributed by atoms with Crippen molar-refractivity contribution in [2.45, 2.75) is 46.0 Å². The topological polar surface area (TPSA) is 96.4 Å². The van der Waals surface area contributed by atoms with E-state index in [4.69, 9.17) is 9.47 Å². The molecule has 3 atom stereocenters. The summed E-state index contributed by atoms with van der Waals surface area (Å²) in [4.78, 5) is 38.1. The Bertz CT molecular complexity index is 982. The van der Waals surface area contributed by atoms with E-state index in [9.17, 15) is 19.5 Å². The minimum absolute atomic E-state index is 0.0192. The van der Waals surface area contributed by atoms with Crippen LogP contribution in [-0.4, -0.2) is 65.2 Å². The van der Waals surface area contributed by atoms with Crippen LogP contribution in [0.2, 0.25) is 0 Å². The molecule has 2 saturated heterocycles. The predicted molar refractivity (Wildman–Crippen MR) is 135 cm³/mol. The number of ether oxygens (including phenoxy) is 2. The summed E-state index contributed by atoms with van der Waals surface area (Å²) >= 11 is 0. The highest BCUT2D eigenvalue weighted by Crippen LogP contribution is 2.21. The Morgan fingerprint density at radius 2 is 1.31 bits per heavy atom. The van der Waals surface area contributed by atoms with E-state index in [-0.39, 0.29) is 42.5 Å². The Morgan fingerprint density at radius 3 is 1.72 bits per heavy atom. The van der Waals surface area contributed by atoms with Crippen molar-refractivity contribution in [2.75, 3.05) is 26.2 Å². The third kappa shape index (κ3) is 8.37. The van der Waals surface area contributed by atoms with Crippen molar-refractivity contribution in [3.63, 3.8) is 0 Å². The largest absolute Gasteiger partial charge is 0.445 e. The van der Waals surface area contributed by atoms with Gasteiger partial charge in [-0.25, -0.2) is 9.59 Å². The number of amides is 2. The van der Waals surface area contributed by atoms with Crippen molar-refractivity contribution < 1.29 is 29.0 Å². The quantitative estimate of drug-likeness (QED) is 0.642. The molecule has 8 nitrogen and oxygen atoms in total. The summed E-state index contributed by atoms with van der Waals surface area (Å²) < 4.78 is 10.5. The van der Waals surface area contributed by atoms with Gasteiger partial charge < -0.3 is 24.4 Å². The van der Waals surface area contributed by atoms with Gasteiger partial charge in [-0.2, -0.15) is 0 Å². The summed E-state index contributed by atoms with van der Waals surface area (Å²) in [5, 5.41) is 9.48.